The molecule has 0 saturated heterocycles. The van der Waals surface area contributed by atoms with Crippen molar-refractivity contribution in [3.8, 4) is 0 Å². The molecule has 1 aliphatic carbocycles. The summed E-state index contributed by atoms with van der Waals surface area (Å²) in [6.45, 7) is 4.15. The van der Waals surface area contributed by atoms with Crippen LogP contribution in [-0.4, -0.2) is 11.5 Å². The Bertz CT molecular complexity index is 138. The summed E-state index contributed by atoms with van der Waals surface area (Å²) in [4.78, 5) is 0. The van der Waals surface area contributed by atoms with Crippen LogP contribution in [0.15, 0.2) is 0 Å². The van der Waals surface area contributed by atoms with Gasteiger partial charge in [0.15, 0.2) is 0 Å². The van der Waals surface area contributed by atoms with E-state index in [0.717, 1.165) is 19.3 Å². The molecule has 0 radical (unpaired) electrons. The van der Waals surface area contributed by atoms with Crippen LogP contribution >= 0.6 is 11.6 Å². The number of halogens is 2. The van der Waals surface area contributed by atoms with E-state index in [2.05, 4.69) is 13.8 Å². The Kier molecular flexibility index (Phi) is 3.82. The zero-order valence-electron chi connectivity index (χ0n) is 7.89. The van der Waals surface area contributed by atoms with E-state index in [-0.39, 0.29) is 11.3 Å². The summed E-state index contributed by atoms with van der Waals surface area (Å²) in [5, 5.41) is 0.190. The lowest BCUT2D eigenvalue weighted by Gasteiger charge is -2.25. The summed E-state index contributed by atoms with van der Waals surface area (Å²) in [5.41, 5.74) is 0. The van der Waals surface area contributed by atoms with Gasteiger partial charge in [-0.1, -0.05) is 20.3 Å². The van der Waals surface area contributed by atoms with Crippen LogP contribution in [0, 0.1) is 11.8 Å². The third-order valence-corrected chi connectivity index (χ3v) is 3.76. The summed E-state index contributed by atoms with van der Waals surface area (Å²) in [7, 11) is 0. The third kappa shape index (κ3) is 2.12. The van der Waals surface area contributed by atoms with Gasteiger partial charge in [0.25, 0.3) is 0 Å². The number of alkyl halides is 2. The van der Waals surface area contributed by atoms with E-state index >= 15 is 0 Å². The quantitative estimate of drug-likeness (QED) is 0.438. The normalized spacial score (nSPS) is 44.0. The van der Waals surface area contributed by atoms with E-state index in [1.165, 1.54) is 0 Å². The second-order valence-corrected chi connectivity index (χ2v) is 4.45. The van der Waals surface area contributed by atoms with E-state index in [9.17, 15) is 4.39 Å². The molecule has 2 heteroatoms. The van der Waals surface area contributed by atoms with Crippen molar-refractivity contribution in [2.45, 2.75) is 51.1 Å². The smallest absolute Gasteiger partial charge is 0.103 e. The number of hydrogen-bond acceptors (Lipinski definition) is 0. The lowest BCUT2D eigenvalue weighted by atomic mass is 9.86. The fraction of sp³-hybridized carbons (Fsp3) is 1.00. The highest BCUT2D eigenvalue weighted by molar-refractivity contribution is 6.20. The van der Waals surface area contributed by atoms with Crippen molar-refractivity contribution in [3.05, 3.63) is 0 Å². The molecule has 3 unspecified atom stereocenters. The molecule has 1 saturated carbocycles. The standard InChI is InChI=1S/C10H18ClF/c1-3-8-7(2)9(11)5-4-6-10(8)12/h7-10H,3-6H2,1-2H3/t7?,8?,9?,10-/m0/s1. The first-order valence-electron chi connectivity index (χ1n) is 4.95. The molecule has 1 rings (SSSR count). The minimum Gasteiger partial charge on any atom is -0.247 e. The molecule has 0 aromatic heterocycles. The summed E-state index contributed by atoms with van der Waals surface area (Å²) in [6.07, 6.45) is 2.96. The van der Waals surface area contributed by atoms with Gasteiger partial charge in [-0.2, -0.15) is 0 Å². The topological polar surface area (TPSA) is 0 Å². The second kappa shape index (κ2) is 4.45. The average molecular weight is 193 g/mol. The van der Waals surface area contributed by atoms with Gasteiger partial charge < -0.3 is 0 Å². The van der Waals surface area contributed by atoms with Crippen LogP contribution in [0.3, 0.4) is 0 Å². The Balaban J connectivity index is 2.63. The molecule has 1 fully saturated rings. The van der Waals surface area contributed by atoms with Crippen LogP contribution in [0.5, 0.6) is 0 Å². The first-order valence-corrected chi connectivity index (χ1v) is 5.38. The largest absolute Gasteiger partial charge is 0.247 e. The van der Waals surface area contributed by atoms with Crippen LogP contribution in [0.25, 0.3) is 0 Å². The van der Waals surface area contributed by atoms with Crippen LogP contribution in [0.1, 0.15) is 39.5 Å². The first-order chi connectivity index (χ1) is 5.66. The van der Waals surface area contributed by atoms with Gasteiger partial charge in [-0.3, -0.25) is 0 Å². The maximum absolute atomic E-state index is 13.5. The Labute approximate surface area is 79.5 Å². The van der Waals surface area contributed by atoms with Crippen molar-refractivity contribution in [2.24, 2.45) is 11.8 Å². The fourth-order valence-electron chi connectivity index (χ4n) is 2.21. The van der Waals surface area contributed by atoms with Crippen molar-refractivity contribution in [1.82, 2.24) is 0 Å². The van der Waals surface area contributed by atoms with Crippen LogP contribution in [-0.2, 0) is 0 Å². The van der Waals surface area contributed by atoms with E-state index in [1.54, 1.807) is 0 Å². The zero-order valence-corrected chi connectivity index (χ0v) is 8.65. The Hall–Kier alpha value is 0.220. The SMILES string of the molecule is CCC1C(C)C(Cl)CCC[C@@H]1F. The predicted octanol–water partition coefficient (Wildman–Crippen LogP) is 3.78. The highest BCUT2D eigenvalue weighted by Crippen LogP contribution is 2.35. The molecule has 0 nitrogen and oxygen atoms in total. The molecule has 0 N–H and O–H groups in total. The van der Waals surface area contributed by atoms with Gasteiger partial charge in [-0.25, -0.2) is 4.39 Å². The van der Waals surface area contributed by atoms with Crippen molar-refractivity contribution in [3.63, 3.8) is 0 Å². The van der Waals surface area contributed by atoms with Gasteiger partial charge in [0.1, 0.15) is 6.17 Å². The molecule has 72 valence electrons. The van der Waals surface area contributed by atoms with Crippen LogP contribution in [0.4, 0.5) is 4.39 Å². The average Bonchev–Trinajstić information content (AvgIpc) is 2.14. The highest BCUT2D eigenvalue weighted by Gasteiger charge is 2.32. The van der Waals surface area contributed by atoms with Crippen molar-refractivity contribution >= 4 is 11.6 Å². The molecule has 12 heavy (non-hydrogen) atoms. The van der Waals surface area contributed by atoms with Crippen LogP contribution < -0.4 is 0 Å². The molecule has 0 amide bonds. The molecule has 0 aromatic carbocycles. The number of rotatable bonds is 1. The summed E-state index contributed by atoms with van der Waals surface area (Å²) >= 11 is 6.14. The minimum absolute atomic E-state index is 0.190. The van der Waals surface area contributed by atoms with Gasteiger partial charge in [-0.15, -0.1) is 11.6 Å². The molecule has 4 atom stereocenters. The van der Waals surface area contributed by atoms with E-state index < -0.39 is 6.17 Å². The van der Waals surface area contributed by atoms with E-state index in [4.69, 9.17) is 11.6 Å². The van der Waals surface area contributed by atoms with Crippen molar-refractivity contribution in [2.75, 3.05) is 0 Å². The Morgan fingerprint density at radius 2 is 2.08 bits per heavy atom. The summed E-state index contributed by atoms with van der Waals surface area (Å²) in [6, 6.07) is 0. The van der Waals surface area contributed by atoms with Crippen molar-refractivity contribution in [1.29, 1.82) is 0 Å². The Morgan fingerprint density at radius 3 is 2.67 bits per heavy atom. The zero-order chi connectivity index (χ0) is 9.14. The molecule has 0 aliphatic heterocycles. The maximum atomic E-state index is 13.5. The van der Waals surface area contributed by atoms with Gasteiger partial charge >= 0.3 is 0 Å². The van der Waals surface area contributed by atoms with Gasteiger partial charge in [0.05, 0.1) is 0 Å². The molecule has 1 aliphatic rings. The Morgan fingerprint density at radius 1 is 1.42 bits per heavy atom. The van der Waals surface area contributed by atoms with Crippen LogP contribution in [0.2, 0.25) is 0 Å². The van der Waals surface area contributed by atoms with Crippen molar-refractivity contribution < 1.29 is 4.39 Å². The number of hydrogen-bond donors (Lipinski definition) is 0. The minimum atomic E-state index is -0.617. The predicted molar refractivity (Wildman–Crippen MR) is 51.3 cm³/mol. The maximum Gasteiger partial charge on any atom is 0.103 e. The third-order valence-electron chi connectivity index (χ3n) is 3.14. The lowest BCUT2D eigenvalue weighted by Crippen LogP contribution is -2.25. The summed E-state index contributed by atoms with van der Waals surface area (Å²) < 4.78 is 13.5. The molecular formula is C10H18ClF. The van der Waals surface area contributed by atoms with E-state index in [1.807, 2.05) is 0 Å². The first kappa shape index (κ1) is 10.3. The van der Waals surface area contributed by atoms with Gasteiger partial charge in [0, 0.05) is 5.38 Å². The monoisotopic (exact) mass is 192 g/mol. The molecule has 0 heterocycles. The fourth-order valence-corrected chi connectivity index (χ4v) is 2.55. The second-order valence-electron chi connectivity index (χ2n) is 3.89. The van der Waals surface area contributed by atoms with Gasteiger partial charge in [-0.05, 0) is 31.1 Å². The molecular weight excluding hydrogens is 175 g/mol. The summed E-state index contributed by atoms with van der Waals surface area (Å²) in [5.74, 6) is 0.532. The molecule has 0 bridgehead atoms. The highest BCUT2D eigenvalue weighted by atomic mass is 35.5. The van der Waals surface area contributed by atoms with E-state index in [0.29, 0.717) is 12.3 Å². The lowest BCUT2D eigenvalue weighted by molar-refractivity contribution is 0.170. The molecule has 0 aromatic rings. The molecule has 0 spiro atoms. The van der Waals surface area contributed by atoms with Gasteiger partial charge in [0.2, 0.25) is 0 Å².